The van der Waals surface area contributed by atoms with Crippen molar-refractivity contribution in [3.8, 4) is 0 Å². The lowest BCUT2D eigenvalue weighted by molar-refractivity contribution is -0.158. The first kappa shape index (κ1) is 22.7. The van der Waals surface area contributed by atoms with Crippen molar-refractivity contribution in [2.75, 3.05) is 7.11 Å². The number of carbonyl (C=O) groups excluding carboxylic acids is 2. The van der Waals surface area contributed by atoms with Crippen molar-refractivity contribution in [3.05, 3.63) is 0 Å². The molecule has 5 aliphatic rings. The molecule has 4 aliphatic carbocycles. The van der Waals surface area contributed by atoms with Crippen LogP contribution in [-0.4, -0.2) is 37.4 Å². The molecule has 180 valence electrons. The van der Waals surface area contributed by atoms with E-state index in [-0.39, 0.29) is 23.5 Å². The van der Waals surface area contributed by atoms with Crippen LogP contribution in [0.4, 0.5) is 0 Å². The third-order valence-corrected chi connectivity index (χ3v) is 11.0. The molecule has 5 fully saturated rings. The summed E-state index contributed by atoms with van der Waals surface area (Å²) >= 11 is 0. The highest BCUT2D eigenvalue weighted by Crippen LogP contribution is 2.73. The van der Waals surface area contributed by atoms with E-state index < -0.39 is 0 Å². The van der Waals surface area contributed by atoms with Crippen molar-refractivity contribution in [1.82, 2.24) is 0 Å². The lowest BCUT2D eigenvalue weighted by atomic mass is 9.44. The molecule has 32 heavy (non-hydrogen) atoms. The zero-order chi connectivity index (χ0) is 22.8. The molecule has 0 amide bonds. The van der Waals surface area contributed by atoms with Crippen LogP contribution in [0.25, 0.3) is 0 Å². The monoisotopic (exact) mass is 446 g/mol. The molecule has 11 atom stereocenters. The van der Waals surface area contributed by atoms with E-state index in [1.165, 1.54) is 39.7 Å². The van der Waals surface area contributed by atoms with Crippen LogP contribution in [0.5, 0.6) is 0 Å². The Bertz CT molecular complexity index is 765. The van der Waals surface area contributed by atoms with Gasteiger partial charge in [0.1, 0.15) is 6.10 Å². The maximum absolute atomic E-state index is 11.7. The third-order valence-electron chi connectivity index (χ3n) is 11.0. The van der Waals surface area contributed by atoms with E-state index >= 15 is 0 Å². The summed E-state index contributed by atoms with van der Waals surface area (Å²) in [5.41, 5.74) is 0.564. The van der Waals surface area contributed by atoms with Gasteiger partial charge in [-0.2, -0.15) is 0 Å². The largest absolute Gasteiger partial charge is 0.469 e. The molecule has 4 saturated carbocycles. The van der Waals surface area contributed by atoms with E-state index in [1.807, 2.05) is 0 Å². The first-order valence-corrected chi connectivity index (χ1v) is 13.1. The summed E-state index contributed by atoms with van der Waals surface area (Å²) < 4.78 is 17.1. The van der Waals surface area contributed by atoms with Crippen LogP contribution in [0.15, 0.2) is 0 Å². The number of rotatable bonds is 5. The predicted molar refractivity (Wildman–Crippen MR) is 121 cm³/mol. The second kappa shape index (κ2) is 7.99. The minimum atomic E-state index is -0.135. The van der Waals surface area contributed by atoms with Crippen molar-refractivity contribution in [3.63, 3.8) is 0 Å². The van der Waals surface area contributed by atoms with Gasteiger partial charge in [0, 0.05) is 18.8 Å². The Morgan fingerprint density at radius 2 is 1.91 bits per heavy atom. The number of fused-ring (bicyclic) bond motifs is 8. The molecule has 0 radical (unpaired) electrons. The summed E-state index contributed by atoms with van der Waals surface area (Å²) in [6.07, 6.45) is 10.7. The Morgan fingerprint density at radius 3 is 2.62 bits per heavy atom. The lowest BCUT2D eigenvalue weighted by Gasteiger charge is -2.59. The average molecular weight is 447 g/mol. The summed E-state index contributed by atoms with van der Waals surface area (Å²) in [7, 11) is 1.49. The van der Waals surface area contributed by atoms with Crippen molar-refractivity contribution >= 4 is 11.9 Å². The Balaban J connectivity index is 1.33. The zero-order valence-corrected chi connectivity index (χ0v) is 20.6. The average Bonchev–Trinajstić information content (AvgIpc) is 3.47. The third kappa shape index (κ3) is 3.35. The summed E-state index contributed by atoms with van der Waals surface area (Å²) in [6, 6.07) is 0. The minimum absolute atomic E-state index is 0.0867. The SMILES string of the molecule is COC(=O)CC[C@@H](C)[C@@H]1CC[C@@H]2[C@H]3CC[C@H]4C[C@@H](OC(C)=O)CC[C@]4(C)[C@@H]3[C@H]3O[C@H]3[C@@]21C. The van der Waals surface area contributed by atoms with Gasteiger partial charge in [-0.25, -0.2) is 0 Å². The normalized spacial score (nSPS) is 49.7. The summed E-state index contributed by atoms with van der Waals surface area (Å²) in [6.45, 7) is 8.94. The highest BCUT2D eigenvalue weighted by Gasteiger charge is 2.73. The van der Waals surface area contributed by atoms with Gasteiger partial charge in [-0.05, 0) is 92.3 Å². The molecular weight excluding hydrogens is 404 g/mol. The Kier molecular flexibility index (Phi) is 5.66. The fourth-order valence-electron chi connectivity index (χ4n) is 9.54. The van der Waals surface area contributed by atoms with Crippen LogP contribution >= 0.6 is 0 Å². The van der Waals surface area contributed by atoms with Crippen molar-refractivity contribution in [2.24, 2.45) is 46.3 Å². The Labute approximate surface area is 193 Å². The molecule has 1 saturated heterocycles. The van der Waals surface area contributed by atoms with Gasteiger partial charge < -0.3 is 14.2 Å². The molecule has 0 aromatic carbocycles. The maximum atomic E-state index is 11.7. The molecular formula is C27H42O5. The summed E-state index contributed by atoms with van der Waals surface area (Å²) in [5, 5.41) is 0. The van der Waals surface area contributed by atoms with E-state index in [0.717, 1.165) is 37.5 Å². The molecule has 5 heteroatoms. The molecule has 1 heterocycles. The fourth-order valence-corrected chi connectivity index (χ4v) is 9.54. The van der Waals surface area contributed by atoms with E-state index in [1.54, 1.807) is 0 Å². The van der Waals surface area contributed by atoms with Gasteiger partial charge in [0.25, 0.3) is 0 Å². The molecule has 1 aliphatic heterocycles. The van der Waals surface area contributed by atoms with Gasteiger partial charge in [-0.15, -0.1) is 0 Å². The Hall–Kier alpha value is -1.10. The molecule has 0 N–H and O–H groups in total. The number of hydrogen-bond donors (Lipinski definition) is 0. The second-order valence-corrected chi connectivity index (χ2v) is 12.2. The number of methoxy groups -OCH3 is 1. The van der Waals surface area contributed by atoms with E-state index in [0.29, 0.717) is 47.7 Å². The second-order valence-electron chi connectivity index (χ2n) is 12.2. The first-order valence-electron chi connectivity index (χ1n) is 13.1. The number of carbonyl (C=O) groups is 2. The molecule has 0 spiro atoms. The lowest BCUT2D eigenvalue weighted by Crippen LogP contribution is -2.57. The highest BCUT2D eigenvalue weighted by molar-refractivity contribution is 5.69. The Morgan fingerprint density at radius 1 is 1.12 bits per heavy atom. The minimum Gasteiger partial charge on any atom is -0.469 e. The predicted octanol–water partition coefficient (Wildman–Crippen LogP) is 5.15. The van der Waals surface area contributed by atoms with Crippen molar-refractivity contribution in [2.45, 2.75) is 104 Å². The molecule has 0 bridgehead atoms. The number of hydrogen-bond acceptors (Lipinski definition) is 5. The smallest absolute Gasteiger partial charge is 0.305 e. The highest BCUT2D eigenvalue weighted by atomic mass is 16.6. The number of ether oxygens (including phenoxy) is 3. The van der Waals surface area contributed by atoms with E-state index in [9.17, 15) is 9.59 Å². The van der Waals surface area contributed by atoms with E-state index in [2.05, 4.69) is 20.8 Å². The summed E-state index contributed by atoms with van der Waals surface area (Å²) in [4.78, 5) is 23.2. The standard InChI is InChI=1S/C27H42O5/c1-15(6-11-22(29)30-5)20-9-10-21-19-8-7-17-14-18(31-16(2)28)12-13-26(17,3)23(19)24-25(32-24)27(20,21)4/h15,17-21,23-25H,6-14H2,1-5H3/t15-,17+,18+,19-,20+,21-,23+,24-,25-,26+,27-/m1/s1. The molecule has 0 aromatic rings. The zero-order valence-electron chi connectivity index (χ0n) is 20.6. The topological polar surface area (TPSA) is 65.1 Å². The van der Waals surface area contributed by atoms with Crippen LogP contribution in [0.1, 0.15) is 85.5 Å². The van der Waals surface area contributed by atoms with Gasteiger partial charge in [-0.1, -0.05) is 20.8 Å². The summed E-state index contributed by atoms with van der Waals surface area (Å²) in [5.74, 6) is 3.74. The molecule has 5 rings (SSSR count). The van der Waals surface area contributed by atoms with Gasteiger partial charge in [0.15, 0.2) is 0 Å². The molecule has 5 nitrogen and oxygen atoms in total. The quantitative estimate of drug-likeness (QED) is 0.431. The van der Waals surface area contributed by atoms with Gasteiger partial charge in [0.05, 0.1) is 19.3 Å². The molecule has 0 aromatic heterocycles. The fraction of sp³-hybridized carbons (Fsp3) is 0.926. The molecule has 0 unspecified atom stereocenters. The van der Waals surface area contributed by atoms with Crippen LogP contribution in [0.3, 0.4) is 0 Å². The number of epoxide rings is 1. The van der Waals surface area contributed by atoms with E-state index in [4.69, 9.17) is 14.2 Å². The van der Waals surface area contributed by atoms with Crippen LogP contribution in [0.2, 0.25) is 0 Å². The maximum Gasteiger partial charge on any atom is 0.305 e. The van der Waals surface area contributed by atoms with Crippen LogP contribution in [0, 0.1) is 46.3 Å². The van der Waals surface area contributed by atoms with Crippen molar-refractivity contribution in [1.29, 1.82) is 0 Å². The van der Waals surface area contributed by atoms with Gasteiger partial charge in [0.2, 0.25) is 0 Å². The van der Waals surface area contributed by atoms with Crippen LogP contribution < -0.4 is 0 Å². The first-order chi connectivity index (χ1) is 15.2. The van der Waals surface area contributed by atoms with Crippen LogP contribution in [-0.2, 0) is 23.8 Å². The van der Waals surface area contributed by atoms with Gasteiger partial charge >= 0.3 is 11.9 Å². The number of esters is 2. The van der Waals surface area contributed by atoms with Gasteiger partial charge in [-0.3, -0.25) is 9.59 Å². The van der Waals surface area contributed by atoms with Crippen molar-refractivity contribution < 1.29 is 23.8 Å².